The summed E-state index contributed by atoms with van der Waals surface area (Å²) in [5.41, 5.74) is 0.400. The number of ether oxygens (including phenoxy) is 2. The number of nitrogens with zero attached hydrogens (tertiary/aromatic N) is 1. The van der Waals surface area contributed by atoms with Gasteiger partial charge in [0.1, 0.15) is 12.0 Å². The molecule has 1 spiro atoms. The molecule has 3 aliphatic heterocycles. The topological polar surface area (TPSA) is 75.8 Å². The first kappa shape index (κ1) is 18.9. The largest absolute Gasteiger partial charge is 0.462 e. The number of fused-ring (bicyclic) bond motifs is 3. The van der Waals surface area contributed by atoms with Gasteiger partial charge >= 0.3 is 5.97 Å². The molecule has 6 heteroatoms. The van der Waals surface area contributed by atoms with Crippen LogP contribution in [0.4, 0.5) is 0 Å². The van der Waals surface area contributed by atoms with Gasteiger partial charge in [0.25, 0.3) is 0 Å². The first-order valence-electron chi connectivity index (χ1n) is 11.4. The predicted octanol–water partition coefficient (Wildman–Crippen LogP) is 1.09. The van der Waals surface area contributed by atoms with Crippen LogP contribution >= 0.6 is 0 Å². The molecule has 5 rings (SSSR count). The fourth-order valence-corrected chi connectivity index (χ4v) is 6.89. The minimum absolute atomic E-state index is 0.0222. The van der Waals surface area contributed by atoms with Crippen LogP contribution in [0.5, 0.6) is 0 Å². The van der Waals surface area contributed by atoms with E-state index >= 15 is 0 Å². The molecule has 5 fully saturated rings. The molecule has 0 bridgehead atoms. The van der Waals surface area contributed by atoms with Gasteiger partial charge in [-0.15, -0.1) is 0 Å². The molecule has 2 N–H and O–H groups in total. The average Bonchev–Trinajstić information content (AvgIpc) is 3.20. The Morgan fingerprint density at radius 2 is 2.11 bits per heavy atom. The zero-order valence-corrected chi connectivity index (χ0v) is 17.2. The molecular weight excluding hydrogens is 356 g/mol. The van der Waals surface area contributed by atoms with Crippen molar-refractivity contribution in [2.24, 2.45) is 23.2 Å². The van der Waals surface area contributed by atoms with Crippen molar-refractivity contribution in [3.8, 4) is 0 Å². The normalized spacial score (nSPS) is 44.5. The van der Waals surface area contributed by atoms with E-state index in [-0.39, 0.29) is 29.0 Å². The number of nitrogens with two attached hydrogens (primary N) is 1. The predicted molar refractivity (Wildman–Crippen MR) is 102 cm³/mol. The summed E-state index contributed by atoms with van der Waals surface area (Å²) >= 11 is 0. The maximum atomic E-state index is 12.6. The molecule has 5 aliphatic rings. The Bertz CT molecular complexity index is 648. The maximum Gasteiger partial charge on any atom is 0.315 e. The minimum Gasteiger partial charge on any atom is -0.462 e. The number of carbonyl (C=O) groups excluding carboxylic acids is 2. The summed E-state index contributed by atoms with van der Waals surface area (Å²) in [4.78, 5) is 26.3. The van der Waals surface area contributed by atoms with Crippen molar-refractivity contribution in [1.82, 2.24) is 4.90 Å². The van der Waals surface area contributed by atoms with Crippen molar-refractivity contribution >= 4 is 11.9 Å². The molecule has 0 unspecified atom stereocenters. The zero-order chi connectivity index (χ0) is 19.4. The van der Waals surface area contributed by atoms with Crippen molar-refractivity contribution in [1.29, 1.82) is 0 Å². The molecule has 3 saturated heterocycles. The third-order valence-corrected chi connectivity index (χ3v) is 8.51. The lowest BCUT2D eigenvalue weighted by molar-refractivity contribution is -0.659. The second-order valence-electron chi connectivity index (χ2n) is 10.3. The summed E-state index contributed by atoms with van der Waals surface area (Å²) in [6.07, 6.45) is 8.63. The molecule has 0 aromatic rings. The molecular formula is C22H35N2O4+. The van der Waals surface area contributed by atoms with E-state index in [2.05, 4.69) is 12.2 Å². The summed E-state index contributed by atoms with van der Waals surface area (Å²) in [7, 11) is 0. The Labute approximate surface area is 167 Å². The lowest BCUT2D eigenvalue weighted by atomic mass is 9.53. The van der Waals surface area contributed by atoms with E-state index in [1.807, 2.05) is 4.90 Å². The smallest absolute Gasteiger partial charge is 0.315 e. The Balaban J connectivity index is 1.15. The van der Waals surface area contributed by atoms with Crippen molar-refractivity contribution in [3.63, 3.8) is 0 Å². The molecule has 3 heterocycles. The molecule has 156 valence electrons. The van der Waals surface area contributed by atoms with Gasteiger partial charge in [-0.05, 0) is 49.9 Å². The van der Waals surface area contributed by atoms with Crippen molar-refractivity contribution < 1.29 is 24.4 Å². The zero-order valence-electron chi connectivity index (χ0n) is 17.2. The number of hydrogen-bond donors (Lipinski definition) is 1. The van der Waals surface area contributed by atoms with Crippen LogP contribution in [0.3, 0.4) is 0 Å². The summed E-state index contributed by atoms with van der Waals surface area (Å²) < 4.78 is 11.9. The minimum atomic E-state index is 0.0222. The summed E-state index contributed by atoms with van der Waals surface area (Å²) in [5, 5.41) is 2.27. The van der Waals surface area contributed by atoms with E-state index < -0.39 is 0 Å². The fraction of sp³-hybridized carbons (Fsp3) is 0.909. The molecule has 2 aliphatic carbocycles. The van der Waals surface area contributed by atoms with Crippen molar-refractivity contribution in [2.45, 2.75) is 70.0 Å². The molecule has 0 radical (unpaired) electrons. The van der Waals surface area contributed by atoms with Crippen LogP contribution in [-0.2, 0) is 19.1 Å². The lowest BCUT2D eigenvalue weighted by Gasteiger charge is -2.51. The van der Waals surface area contributed by atoms with Crippen LogP contribution in [0.1, 0.15) is 58.3 Å². The van der Waals surface area contributed by atoms with Gasteiger partial charge in [-0.25, -0.2) is 0 Å². The number of quaternary nitrogens is 1. The third-order valence-electron chi connectivity index (χ3n) is 8.51. The van der Waals surface area contributed by atoms with Gasteiger partial charge in [-0.1, -0.05) is 6.92 Å². The molecule has 0 aromatic carbocycles. The highest BCUT2D eigenvalue weighted by Gasteiger charge is 2.65. The van der Waals surface area contributed by atoms with Crippen molar-refractivity contribution in [2.75, 3.05) is 32.8 Å². The Hall–Kier alpha value is -1.14. The fourth-order valence-electron chi connectivity index (χ4n) is 6.89. The van der Waals surface area contributed by atoms with Gasteiger partial charge in [0.05, 0.1) is 25.3 Å². The van der Waals surface area contributed by atoms with Crippen LogP contribution < -0.4 is 5.32 Å². The number of epoxide rings is 1. The SMILES string of the molecule is C[C@]12CCC[C@]3(CO3)[C@H]1C[C@H]1[C@@H](C2)OC(=O)[C@@H]1C[NH2+]CCCN1CCCC1=O. The molecule has 6 nitrogen and oxygen atoms in total. The van der Waals surface area contributed by atoms with Gasteiger partial charge < -0.3 is 19.7 Å². The van der Waals surface area contributed by atoms with E-state index in [1.54, 1.807) is 0 Å². The molecule has 2 saturated carbocycles. The van der Waals surface area contributed by atoms with Crippen molar-refractivity contribution in [3.05, 3.63) is 0 Å². The molecule has 1 amide bonds. The van der Waals surface area contributed by atoms with E-state index in [1.165, 1.54) is 19.3 Å². The number of likely N-dealkylation sites (tertiary alicyclic amines) is 1. The maximum absolute atomic E-state index is 12.6. The first-order valence-corrected chi connectivity index (χ1v) is 11.4. The Kier molecular flexibility index (Phi) is 4.70. The van der Waals surface area contributed by atoms with Crippen LogP contribution in [-0.4, -0.2) is 61.3 Å². The van der Waals surface area contributed by atoms with Crippen LogP contribution in [0.2, 0.25) is 0 Å². The first-order chi connectivity index (χ1) is 13.5. The monoisotopic (exact) mass is 391 g/mol. The highest BCUT2D eigenvalue weighted by atomic mass is 16.6. The van der Waals surface area contributed by atoms with Gasteiger partial charge in [0.2, 0.25) is 5.91 Å². The number of hydrogen-bond acceptors (Lipinski definition) is 4. The van der Waals surface area contributed by atoms with Gasteiger partial charge in [-0.3, -0.25) is 9.59 Å². The van der Waals surface area contributed by atoms with E-state index in [0.29, 0.717) is 24.2 Å². The highest BCUT2D eigenvalue weighted by molar-refractivity contribution is 5.78. The molecule has 0 aromatic heterocycles. The lowest BCUT2D eigenvalue weighted by Crippen LogP contribution is -2.86. The summed E-state index contributed by atoms with van der Waals surface area (Å²) in [6, 6.07) is 0. The number of esters is 1. The summed E-state index contributed by atoms with van der Waals surface area (Å²) in [5.74, 6) is 1.31. The van der Waals surface area contributed by atoms with Crippen LogP contribution in [0.15, 0.2) is 0 Å². The quantitative estimate of drug-likeness (QED) is 0.418. The van der Waals surface area contributed by atoms with Crippen LogP contribution in [0.25, 0.3) is 0 Å². The number of rotatable bonds is 6. The van der Waals surface area contributed by atoms with Gasteiger partial charge in [0, 0.05) is 31.8 Å². The Morgan fingerprint density at radius 3 is 2.86 bits per heavy atom. The van der Waals surface area contributed by atoms with Crippen LogP contribution in [0, 0.1) is 23.2 Å². The summed E-state index contributed by atoms with van der Waals surface area (Å²) in [6.45, 7) is 6.90. The average molecular weight is 392 g/mol. The standard InChI is InChI=1S/C22H34N2O4/c1-21-6-3-7-22(14-27-22)18(21)11-15-16(20(26)28-17(15)12-21)13-23-8-4-10-24-9-2-5-19(24)25/h15-18,23H,2-14H2,1H3/p+1/t15-,16-,17-,18+,21-,22+/m1/s1. The molecule has 28 heavy (non-hydrogen) atoms. The second kappa shape index (κ2) is 6.98. The Morgan fingerprint density at radius 1 is 1.25 bits per heavy atom. The molecule has 6 atom stereocenters. The van der Waals surface area contributed by atoms with Gasteiger partial charge in [0.15, 0.2) is 0 Å². The van der Waals surface area contributed by atoms with E-state index in [4.69, 9.17) is 9.47 Å². The van der Waals surface area contributed by atoms with E-state index in [0.717, 1.165) is 58.5 Å². The number of amides is 1. The highest BCUT2D eigenvalue weighted by Crippen LogP contribution is 2.62. The van der Waals surface area contributed by atoms with E-state index in [9.17, 15) is 9.59 Å². The van der Waals surface area contributed by atoms with Gasteiger partial charge in [-0.2, -0.15) is 0 Å². The number of carbonyl (C=O) groups is 2. The third kappa shape index (κ3) is 3.17. The second-order valence-corrected chi connectivity index (χ2v) is 10.3.